The molecule has 0 heterocycles. The molecule has 0 spiro atoms. The second kappa shape index (κ2) is 13.6. The molecule has 5 aromatic rings. The summed E-state index contributed by atoms with van der Waals surface area (Å²) in [5, 5.41) is 12.2. The SMILES string of the molecule is O=C(O)COc1ccc(COc2ccc(C(=O)c3ccccc3NC(=O)OCc3ccc4c(c3)Cc3cccc(Cl)c3-4)cc2)cc1. The molecule has 230 valence electrons. The normalized spacial score (nSPS) is 11.2. The zero-order chi connectivity index (χ0) is 32.0. The molecule has 0 saturated carbocycles. The number of halogens is 1. The molecular weight excluding hydrogens is 606 g/mol. The van der Waals surface area contributed by atoms with Gasteiger partial charge in [0.05, 0.1) is 5.69 Å². The summed E-state index contributed by atoms with van der Waals surface area (Å²) in [7, 11) is 0. The van der Waals surface area contributed by atoms with Crippen LogP contribution in [0.5, 0.6) is 11.5 Å². The second-order valence-electron chi connectivity index (χ2n) is 10.7. The van der Waals surface area contributed by atoms with Gasteiger partial charge in [-0.15, -0.1) is 0 Å². The number of carboxylic acids is 1. The molecule has 1 aliphatic carbocycles. The Morgan fingerprint density at radius 1 is 0.739 bits per heavy atom. The van der Waals surface area contributed by atoms with Gasteiger partial charge in [0.25, 0.3) is 0 Å². The van der Waals surface area contributed by atoms with Crippen LogP contribution in [-0.4, -0.2) is 29.6 Å². The Balaban J connectivity index is 1.04. The first kappa shape index (κ1) is 30.4. The molecule has 46 heavy (non-hydrogen) atoms. The van der Waals surface area contributed by atoms with Gasteiger partial charge in [-0.2, -0.15) is 0 Å². The Bertz CT molecular complexity index is 1920. The summed E-state index contributed by atoms with van der Waals surface area (Å²) in [6.07, 6.45) is 0.104. The van der Waals surface area contributed by atoms with Gasteiger partial charge in [-0.1, -0.05) is 66.2 Å². The highest BCUT2D eigenvalue weighted by Crippen LogP contribution is 2.41. The molecule has 0 atom stereocenters. The Morgan fingerprint density at radius 3 is 2.24 bits per heavy atom. The lowest BCUT2D eigenvalue weighted by atomic mass is 10.0. The molecule has 0 aromatic heterocycles. The number of nitrogens with one attached hydrogen (secondary N) is 1. The van der Waals surface area contributed by atoms with Crippen LogP contribution in [0.3, 0.4) is 0 Å². The molecule has 1 aliphatic rings. The molecule has 9 heteroatoms. The summed E-state index contributed by atoms with van der Waals surface area (Å²) in [6.45, 7) is -0.0632. The average molecular weight is 634 g/mol. The van der Waals surface area contributed by atoms with Crippen molar-refractivity contribution in [2.45, 2.75) is 19.6 Å². The highest BCUT2D eigenvalue weighted by Gasteiger charge is 2.21. The van der Waals surface area contributed by atoms with Gasteiger partial charge in [-0.25, -0.2) is 9.59 Å². The fraction of sp³-hybridized carbons (Fsp3) is 0.108. The Kier molecular flexibility index (Phi) is 8.98. The van der Waals surface area contributed by atoms with Gasteiger partial charge < -0.3 is 19.3 Å². The van der Waals surface area contributed by atoms with E-state index in [-0.39, 0.29) is 19.0 Å². The van der Waals surface area contributed by atoms with Crippen molar-refractivity contribution < 1.29 is 33.7 Å². The number of carbonyl (C=O) groups excluding carboxylic acids is 2. The number of carbonyl (C=O) groups is 3. The van der Waals surface area contributed by atoms with Crippen LogP contribution in [0.25, 0.3) is 11.1 Å². The number of hydrogen-bond donors (Lipinski definition) is 2. The molecule has 0 radical (unpaired) electrons. The number of carboxylic acid groups (broad SMARTS) is 1. The van der Waals surface area contributed by atoms with Gasteiger partial charge in [0.1, 0.15) is 24.7 Å². The maximum atomic E-state index is 13.4. The first-order valence-electron chi connectivity index (χ1n) is 14.5. The number of ketones is 1. The summed E-state index contributed by atoms with van der Waals surface area (Å²) in [4.78, 5) is 36.8. The summed E-state index contributed by atoms with van der Waals surface area (Å²) in [5.74, 6) is -0.293. The minimum absolute atomic E-state index is 0.0728. The standard InChI is InChI=1S/C37H28ClNO7/c38-32-6-3-4-26-19-27-18-24(10-17-30(27)35(26)32)21-46-37(43)39-33-7-2-1-5-31(33)36(42)25-11-15-29(16-12-25)44-20-23-8-13-28(14-9-23)45-22-34(40)41/h1-18H,19-22H2,(H,39,43)(H,40,41). The molecule has 8 nitrogen and oxygen atoms in total. The molecule has 1 amide bonds. The maximum absolute atomic E-state index is 13.4. The number of anilines is 1. The maximum Gasteiger partial charge on any atom is 0.411 e. The van der Waals surface area contributed by atoms with E-state index in [1.54, 1.807) is 72.8 Å². The van der Waals surface area contributed by atoms with Gasteiger partial charge in [-0.05, 0) is 88.8 Å². The van der Waals surface area contributed by atoms with Crippen molar-refractivity contribution in [2.24, 2.45) is 0 Å². The summed E-state index contributed by atoms with van der Waals surface area (Å²) >= 11 is 6.43. The second-order valence-corrected chi connectivity index (χ2v) is 11.1. The predicted molar refractivity (Wildman–Crippen MR) is 174 cm³/mol. The Labute approximate surface area is 270 Å². The molecule has 2 N–H and O–H groups in total. The van der Waals surface area contributed by atoms with E-state index in [0.29, 0.717) is 28.3 Å². The van der Waals surface area contributed by atoms with Gasteiger partial charge in [0.2, 0.25) is 0 Å². The van der Waals surface area contributed by atoms with Gasteiger partial charge in [-0.3, -0.25) is 10.1 Å². The lowest BCUT2D eigenvalue weighted by Crippen LogP contribution is -2.16. The summed E-state index contributed by atoms with van der Waals surface area (Å²) in [6, 6.07) is 32.3. The first-order valence-corrected chi connectivity index (χ1v) is 14.9. The van der Waals surface area contributed by atoms with Crippen molar-refractivity contribution >= 4 is 35.1 Å². The fourth-order valence-electron chi connectivity index (χ4n) is 5.29. The molecule has 6 rings (SSSR count). The zero-order valence-corrected chi connectivity index (χ0v) is 25.3. The predicted octanol–water partition coefficient (Wildman–Crippen LogP) is 7.93. The van der Waals surface area contributed by atoms with Crippen molar-refractivity contribution in [3.63, 3.8) is 0 Å². The zero-order valence-electron chi connectivity index (χ0n) is 24.5. The van der Waals surface area contributed by atoms with Crippen LogP contribution < -0.4 is 14.8 Å². The third kappa shape index (κ3) is 7.03. The molecule has 5 aromatic carbocycles. The van der Waals surface area contributed by atoms with Crippen LogP contribution in [-0.2, 0) is 29.2 Å². The fourth-order valence-corrected chi connectivity index (χ4v) is 5.58. The first-order chi connectivity index (χ1) is 22.3. The minimum atomic E-state index is -1.04. The lowest BCUT2D eigenvalue weighted by molar-refractivity contribution is -0.139. The van der Waals surface area contributed by atoms with Crippen molar-refractivity contribution in [3.05, 3.63) is 148 Å². The van der Waals surface area contributed by atoms with E-state index in [2.05, 4.69) is 11.4 Å². The van der Waals surface area contributed by atoms with Crippen LogP contribution in [0.4, 0.5) is 10.5 Å². The smallest absolute Gasteiger partial charge is 0.411 e. The number of rotatable bonds is 11. The van der Waals surface area contributed by atoms with E-state index in [1.165, 1.54) is 5.56 Å². The monoisotopic (exact) mass is 633 g/mol. The topological polar surface area (TPSA) is 111 Å². The molecule has 0 aliphatic heterocycles. The van der Waals surface area contributed by atoms with Crippen LogP contribution >= 0.6 is 11.6 Å². The summed E-state index contributed by atoms with van der Waals surface area (Å²) < 4.78 is 16.5. The van der Waals surface area contributed by atoms with Crippen LogP contribution in [0.2, 0.25) is 5.02 Å². The van der Waals surface area contributed by atoms with Crippen LogP contribution in [0, 0.1) is 0 Å². The van der Waals surface area contributed by atoms with Crippen LogP contribution in [0.15, 0.2) is 109 Å². The number of para-hydroxylation sites is 1. The number of ether oxygens (including phenoxy) is 3. The molecular formula is C37H28ClNO7. The molecule has 0 fully saturated rings. The van der Waals surface area contributed by atoms with E-state index in [9.17, 15) is 14.4 Å². The Morgan fingerprint density at radius 2 is 1.46 bits per heavy atom. The van der Waals surface area contributed by atoms with E-state index >= 15 is 0 Å². The Hall–Kier alpha value is -5.60. The minimum Gasteiger partial charge on any atom is -0.489 e. The largest absolute Gasteiger partial charge is 0.489 e. The average Bonchev–Trinajstić information content (AvgIpc) is 3.45. The van der Waals surface area contributed by atoms with Crippen molar-refractivity contribution in [1.29, 1.82) is 0 Å². The number of hydrogen-bond acceptors (Lipinski definition) is 6. The number of fused-ring (bicyclic) bond motifs is 3. The summed E-state index contributed by atoms with van der Waals surface area (Å²) in [5.41, 5.74) is 7.27. The van der Waals surface area contributed by atoms with Crippen LogP contribution in [0.1, 0.15) is 38.2 Å². The third-order valence-electron chi connectivity index (χ3n) is 7.51. The van der Waals surface area contributed by atoms with Crippen molar-refractivity contribution in [3.8, 4) is 22.6 Å². The molecule has 0 saturated heterocycles. The third-order valence-corrected chi connectivity index (χ3v) is 7.82. The van der Waals surface area contributed by atoms with Crippen molar-refractivity contribution in [1.82, 2.24) is 0 Å². The molecule has 0 bridgehead atoms. The van der Waals surface area contributed by atoms with Gasteiger partial charge in [0.15, 0.2) is 12.4 Å². The van der Waals surface area contributed by atoms with E-state index in [0.717, 1.165) is 39.3 Å². The lowest BCUT2D eigenvalue weighted by Gasteiger charge is -2.12. The highest BCUT2D eigenvalue weighted by atomic mass is 35.5. The van der Waals surface area contributed by atoms with E-state index in [4.69, 9.17) is 30.9 Å². The van der Waals surface area contributed by atoms with Gasteiger partial charge >= 0.3 is 12.1 Å². The number of aliphatic carboxylic acids is 1. The number of amides is 1. The number of benzene rings is 5. The quantitative estimate of drug-likeness (QED) is 0.139. The highest BCUT2D eigenvalue weighted by molar-refractivity contribution is 6.33. The molecule has 0 unspecified atom stereocenters. The van der Waals surface area contributed by atoms with Gasteiger partial charge in [0, 0.05) is 21.7 Å². The van der Waals surface area contributed by atoms with Crippen molar-refractivity contribution in [2.75, 3.05) is 11.9 Å². The van der Waals surface area contributed by atoms with E-state index in [1.807, 2.05) is 30.3 Å². The van der Waals surface area contributed by atoms with E-state index < -0.39 is 18.7 Å².